The van der Waals surface area contributed by atoms with E-state index in [0.29, 0.717) is 0 Å². The maximum absolute atomic E-state index is 12.3. The third kappa shape index (κ3) is 3.55. The molecule has 0 aliphatic rings. The monoisotopic (exact) mass is 386 g/mol. The average molecular weight is 387 g/mol. The molecule has 7 nitrogen and oxygen atoms in total. The van der Waals surface area contributed by atoms with Gasteiger partial charge in [-0.15, -0.1) is 0 Å². The number of sulfonamides is 1. The molecule has 22 heavy (non-hydrogen) atoms. The molecule has 1 N–H and O–H groups in total. The lowest BCUT2D eigenvalue weighted by Crippen LogP contribution is -2.13. The van der Waals surface area contributed by atoms with Crippen LogP contribution in [0, 0.1) is 10.1 Å². The zero-order chi connectivity index (χ0) is 16.3. The Morgan fingerprint density at radius 1 is 1.18 bits per heavy atom. The molecule has 0 bridgehead atoms. The highest BCUT2D eigenvalue weighted by Gasteiger charge is 2.18. The van der Waals surface area contributed by atoms with Crippen LogP contribution in [0.5, 0.6) is 5.75 Å². The Hall–Kier alpha value is -2.13. The summed E-state index contributed by atoms with van der Waals surface area (Å²) >= 11 is 3.22. The molecule has 0 radical (unpaired) electrons. The first-order chi connectivity index (χ1) is 10.3. The molecule has 0 saturated heterocycles. The number of nitro benzene ring substituents is 1. The van der Waals surface area contributed by atoms with E-state index in [9.17, 15) is 18.5 Å². The minimum Gasteiger partial charge on any atom is -0.494 e. The number of non-ortho nitro benzene ring substituents is 1. The van der Waals surface area contributed by atoms with Gasteiger partial charge in [-0.05, 0) is 30.3 Å². The van der Waals surface area contributed by atoms with Crippen LogP contribution in [0.3, 0.4) is 0 Å². The van der Waals surface area contributed by atoms with Crippen molar-refractivity contribution < 1.29 is 18.1 Å². The van der Waals surface area contributed by atoms with Crippen LogP contribution in [0.4, 0.5) is 11.4 Å². The Morgan fingerprint density at radius 3 is 2.36 bits per heavy atom. The molecule has 0 aromatic heterocycles. The van der Waals surface area contributed by atoms with Crippen LogP contribution in [0.2, 0.25) is 0 Å². The van der Waals surface area contributed by atoms with Crippen molar-refractivity contribution in [3.05, 3.63) is 57.1 Å². The van der Waals surface area contributed by atoms with E-state index in [1.165, 1.54) is 31.4 Å². The molecule has 0 aliphatic carbocycles. The summed E-state index contributed by atoms with van der Waals surface area (Å²) in [6.07, 6.45) is 0. The van der Waals surface area contributed by atoms with E-state index in [1.807, 2.05) is 0 Å². The number of nitrogens with zero attached hydrogens (tertiary/aromatic N) is 1. The largest absolute Gasteiger partial charge is 0.494 e. The molecule has 0 spiro atoms. The Balaban J connectivity index is 2.37. The second-order valence-electron chi connectivity index (χ2n) is 4.20. The van der Waals surface area contributed by atoms with Gasteiger partial charge < -0.3 is 4.74 Å². The second kappa shape index (κ2) is 6.32. The molecule has 0 aliphatic heterocycles. The second-order valence-corrected chi connectivity index (χ2v) is 6.80. The summed E-state index contributed by atoms with van der Waals surface area (Å²) in [5.41, 5.74) is -0.0699. The number of hydrogen-bond donors (Lipinski definition) is 1. The maximum atomic E-state index is 12.3. The Morgan fingerprint density at radius 2 is 1.82 bits per heavy atom. The Labute approximate surface area is 135 Å². The normalized spacial score (nSPS) is 11.0. The number of hydrogen-bond acceptors (Lipinski definition) is 5. The van der Waals surface area contributed by atoms with Crippen LogP contribution in [0.15, 0.2) is 51.8 Å². The summed E-state index contributed by atoms with van der Waals surface area (Å²) in [6.45, 7) is 0. The lowest BCUT2D eigenvalue weighted by Gasteiger charge is -2.11. The lowest BCUT2D eigenvalue weighted by molar-refractivity contribution is -0.384. The number of halogens is 1. The molecule has 116 valence electrons. The molecule has 2 aromatic carbocycles. The summed E-state index contributed by atoms with van der Waals surface area (Å²) in [5, 5.41) is 10.7. The van der Waals surface area contributed by atoms with Crippen molar-refractivity contribution in [2.24, 2.45) is 0 Å². The highest BCUT2D eigenvalue weighted by atomic mass is 79.9. The number of rotatable bonds is 5. The summed E-state index contributed by atoms with van der Waals surface area (Å²) in [4.78, 5) is 10.2. The van der Waals surface area contributed by atoms with Crippen LogP contribution < -0.4 is 9.46 Å². The summed E-state index contributed by atoms with van der Waals surface area (Å²) < 4.78 is 32.7. The van der Waals surface area contributed by atoms with E-state index in [2.05, 4.69) is 20.7 Å². The van der Waals surface area contributed by atoms with Crippen LogP contribution in [0.25, 0.3) is 0 Å². The molecule has 9 heteroatoms. The van der Waals surface area contributed by atoms with Gasteiger partial charge in [0.05, 0.1) is 28.7 Å². The molecule has 0 heterocycles. The molecule has 0 saturated carbocycles. The third-order valence-corrected chi connectivity index (χ3v) is 4.67. The molecule has 0 atom stereocenters. The molecule has 2 rings (SSSR count). The van der Waals surface area contributed by atoms with E-state index in [1.54, 1.807) is 12.1 Å². The SMILES string of the molecule is COc1cc([N+](=O)[O-])ccc1NS(=O)(=O)c1ccc(Br)cc1. The van der Waals surface area contributed by atoms with Gasteiger partial charge in [0.2, 0.25) is 0 Å². The van der Waals surface area contributed by atoms with E-state index >= 15 is 0 Å². The van der Waals surface area contributed by atoms with Gasteiger partial charge in [0.15, 0.2) is 0 Å². The van der Waals surface area contributed by atoms with Crippen molar-refractivity contribution in [1.29, 1.82) is 0 Å². The van der Waals surface area contributed by atoms with Crippen molar-refractivity contribution in [3.63, 3.8) is 0 Å². The molecular formula is C13H11BrN2O5S. The van der Waals surface area contributed by atoms with Crippen molar-refractivity contribution >= 4 is 37.3 Å². The predicted molar refractivity (Wildman–Crippen MR) is 84.6 cm³/mol. The van der Waals surface area contributed by atoms with Gasteiger partial charge in [-0.2, -0.15) is 0 Å². The predicted octanol–water partition coefficient (Wildman–Crippen LogP) is 3.17. The zero-order valence-electron chi connectivity index (χ0n) is 11.3. The van der Waals surface area contributed by atoms with E-state index in [4.69, 9.17) is 4.74 Å². The summed E-state index contributed by atoms with van der Waals surface area (Å²) in [6, 6.07) is 9.70. The fourth-order valence-electron chi connectivity index (χ4n) is 1.70. The first-order valence-corrected chi connectivity index (χ1v) is 8.22. The van der Waals surface area contributed by atoms with Gasteiger partial charge in [0.25, 0.3) is 15.7 Å². The maximum Gasteiger partial charge on any atom is 0.273 e. The fourth-order valence-corrected chi connectivity index (χ4v) is 3.03. The quantitative estimate of drug-likeness (QED) is 0.628. The Kier molecular flexibility index (Phi) is 4.67. The number of anilines is 1. The first-order valence-electron chi connectivity index (χ1n) is 5.94. The lowest BCUT2D eigenvalue weighted by atomic mass is 10.2. The van der Waals surface area contributed by atoms with Crippen LogP contribution >= 0.6 is 15.9 Å². The molecule has 0 amide bonds. The minimum atomic E-state index is -3.82. The number of nitrogens with one attached hydrogen (secondary N) is 1. The van der Waals surface area contributed by atoms with Gasteiger partial charge >= 0.3 is 0 Å². The highest BCUT2D eigenvalue weighted by Crippen LogP contribution is 2.30. The molecule has 0 fully saturated rings. The van der Waals surface area contributed by atoms with E-state index in [0.717, 1.165) is 10.5 Å². The van der Waals surface area contributed by atoms with Gasteiger partial charge in [0, 0.05) is 10.5 Å². The topological polar surface area (TPSA) is 98.5 Å². The van der Waals surface area contributed by atoms with Crippen molar-refractivity contribution in [2.75, 3.05) is 11.8 Å². The average Bonchev–Trinajstić information content (AvgIpc) is 2.47. The smallest absolute Gasteiger partial charge is 0.273 e. The van der Waals surface area contributed by atoms with Gasteiger partial charge in [-0.1, -0.05) is 15.9 Å². The van der Waals surface area contributed by atoms with Gasteiger partial charge in [-0.3, -0.25) is 14.8 Å². The van der Waals surface area contributed by atoms with E-state index in [-0.39, 0.29) is 22.0 Å². The van der Waals surface area contributed by atoms with Crippen LogP contribution in [0.1, 0.15) is 0 Å². The van der Waals surface area contributed by atoms with Gasteiger partial charge in [0.1, 0.15) is 5.75 Å². The Bertz CT molecular complexity index is 806. The molecular weight excluding hydrogens is 376 g/mol. The number of nitro groups is 1. The first kappa shape index (κ1) is 16.2. The van der Waals surface area contributed by atoms with Crippen molar-refractivity contribution in [3.8, 4) is 5.75 Å². The zero-order valence-corrected chi connectivity index (χ0v) is 13.7. The summed E-state index contributed by atoms with van der Waals surface area (Å²) in [7, 11) is -2.51. The number of ether oxygens (including phenoxy) is 1. The van der Waals surface area contributed by atoms with Crippen LogP contribution in [-0.2, 0) is 10.0 Å². The number of methoxy groups -OCH3 is 1. The third-order valence-electron chi connectivity index (χ3n) is 2.76. The number of benzene rings is 2. The van der Waals surface area contributed by atoms with E-state index < -0.39 is 14.9 Å². The standard InChI is InChI=1S/C13H11BrN2O5S/c1-21-13-8-10(16(17)18)4-7-12(13)15-22(19,20)11-5-2-9(14)3-6-11/h2-8,15H,1H3. The van der Waals surface area contributed by atoms with Crippen molar-refractivity contribution in [1.82, 2.24) is 0 Å². The highest BCUT2D eigenvalue weighted by molar-refractivity contribution is 9.10. The van der Waals surface area contributed by atoms with Gasteiger partial charge in [-0.25, -0.2) is 8.42 Å². The van der Waals surface area contributed by atoms with Crippen molar-refractivity contribution in [2.45, 2.75) is 4.90 Å². The summed E-state index contributed by atoms with van der Waals surface area (Å²) in [5.74, 6) is 0.0647. The minimum absolute atomic E-state index is 0.0647. The fraction of sp³-hybridized carbons (Fsp3) is 0.0769. The molecule has 2 aromatic rings. The van der Waals surface area contributed by atoms with Crippen LogP contribution in [-0.4, -0.2) is 20.5 Å². The molecule has 0 unspecified atom stereocenters.